The summed E-state index contributed by atoms with van der Waals surface area (Å²) in [6, 6.07) is 11.9. The second kappa shape index (κ2) is 6.80. The van der Waals surface area contributed by atoms with Gasteiger partial charge in [-0.15, -0.1) is 0 Å². The summed E-state index contributed by atoms with van der Waals surface area (Å²) in [5, 5.41) is 2.82. The van der Waals surface area contributed by atoms with Gasteiger partial charge in [-0.05, 0) is 29.7 Å². The van der Waals surface area contributed by atoms with Crippen molar-refractivity contribution in [3.8, 4) is 0 Å². The van der Waals surface area contributed by atoms with Crippen molar-refractivity contribution in [2.45, 2.75) is 26.4 Å². The zero-order valence-electron chi connectivity index (χ0n) is 11.9. The highest BCUT2D eigenvalue weighted by Crippen LogP contribution is 2.07. The molecule has 20 heavy (non-hydrogen) atoms. The molecule has 0 unspecified atom stereocenters. The fraction of sp³-hybridized carbons (Fsp3) is 0.312. The molecule has 0 saturated carbocycles. The van der Waals surface area contributed by atoms with Gasteiger partial charge in [0.05, 0.1) is 12.8 Å². The van der Waals surface area contributed by atoms with E-state index in [-0.39, 0.29) is 6.03 Å². The molecule has 0 spiro atoms. The monoisotopic (exact) mass is 272 g/mol. The van der Waals surface area contributed by atoms with Crippen molar-refractivity contribution in [3.05, 3.63) is 59.5 Å². The van der Waals surface area contributed by atoms with Crippen molar-refractivity contribution in [2.24, 2.45) is 0 Å². The molecular weight excluding hydrogens is 252 g/mol. The van der Waals surface area contributed by atoms with Gasteiger partial charge in [0, 0.05) is 13.6 Å². The first kappa shape index (κ1) is 14.2. The lowest BCUT2D eigenvalue weighted by Crippen LogP contribution is -2.36. The molecule has 0 aliphatic rings. The lowest BCUT2D eigenvalue weighted by Gasteiger charge is -2.17. The van der Waals surface area contributed by atoms with Crippen LogP contribution in [0.4, 0.5) is 4.79 Å². The maximum absolute atomic E-state index is 11.9. The highest BCUT2D eigenvalue weighted by atomic mass is 16.3. The van der Waals surface area contributed by atoms with E-state index in [0.717, 1.165) is 17.7 Å². The number of nitrogens with zero attached hydrogens (tertiary/aromatic N) is 1. The van der Waals surface area contributed by atoms with Crippen LogP contribution in [0.25, 0.3) is 0 Å². The van der Waals surface area contributed by atoms with Crippen molar-refractivity contribution < 1.29 is 9.21 Å². The van der Waals surface area contributed by atoms with E-state index in [0.29, 0.717) is 13.1 Å². The molecule has 106 valence electrons. The molecule has 1 aromatic carbocycles. The van der Waals surface area contributed by atoms with Crippen LogP contribution in [0.15, 0.2) is 47.1 Å². The molecule has 2 rings (SSSR count). The molecule has 4 nitrogen and oxygen atoms in total. The quantitative estimate of drug-likeness (QED) is 0.908. The fourth-order valence-electron chi connectivity index (χ4n) is 1.94. The molecular formula is C16H20N2O2. The number of hydrogen-bond donors (Lipinski definition) is 1. The van der Waals surface area contributed by atoms with E-state index in [9.17, 15) is 4.79 Å². The summed E-state index contributed by atoms with van der Waals surface area (Å²) in [5.74, 6) is 0.749. The van der Waals surface area contributed by atoms with Crippen LogP contribution in [0.5, 0.6) is 0 Å². The predicted molar refractivity (Wildman–Crippen MR) is 78.2 cm³/mol. The minimum absolute atomic E-state index is 0.110. The Bertz CT molecular complexity index is 532. The third-order valence-corrected chi connectivity index (χ3v) is 3.19. The Morgan fingerprint density at radius 2 is 1.90 bits per heavy atom. The first-order valence-corrected chi connectivity index (χ1v) is 6.78. The van der Waals surface area contributed by atoms with E-state index >= 15 is 0 Å². The zero-order valence-corrected chi connectivity index (χ0v) is 11.9. The van der Waals surface area contributed by atoms with Crippen LogP contribution in [0, 0.1) is 0 Å². The molecule has 2 aromatic rings. The fourth-order valence-corrected chi connectivity index (χ4v) is 1.94. The molecule has 0 saturated heterocycles. The Morgan fingerprint density at radius 1 is 1.20 bits per heavy atom. The Labute approximate surface area is 119 Å². The molecule has 0 radical (unpaired) electrons. The lowest BCUT2D eigenvalue weighted by molar-refractivity contribution is 0.205. The lowest BCUT2D eigenvalue weighted by atomic mass is 10.1. The molecule has 1 aromatic heterocycles. The number of nitrogens with one attached hydrogen (secondary N) is 1. The summed E-state index contributed by atoms with van der Waals surface area (Å²) in [7, 11) is 1.78. The molecule has 0 bridgehead atoms. The molecule has 1 heterocycles. The smallest absolute Gasteiger partial charge is 0.317 e. The summed E-state index contributed by atoms with van der Waals surface area (Å²) >= 11 is 0. The Kier molecular flexibility index (Phi) is 4.82. The molecule has 4 heteroatoms. The van der Waals surface area contributed by atoms with Crippen LogP contribution in [-0.4, -0.2) is 18.0 Å². The topological polar surface area (TPSA) is 45.5 Å². The Morgan fingerprint density at radius 3 is 2.50 bits per heavy atom. The number of rotatable bonds is 5. The maximum Gasteiger partial charge on any atom is 0.317 e. The van der Waals surface area contributed by atoms with Gasteiger partial charge < -0.3 is 14.6 Å². The van der Waals surface area contributed by atoms with Crippen LogP contribution in [0.1, 0.15) is 23.8 Å². The number of carbonyl (C=O) groups is 1. The second-order valence-corrected chi connectivity index (χ2v) is 4.76. The number of hydrogen-bond acceptors (Lipinski definition) is 2. The van der Waals surface area contributed by atoms with Crippen LogP contribution in [0.3, 0.4) is 0 Å². The summed E-state index contributed by atoms with van der Waals surface area (Å²) in [6.45, 7) is 3.13. The van der Waals surface area contributed by atoms with Gasteiger partial charge in [0.1, 0.15) is 5.76 Å². The van der Waals surface area contributed by atoms with E-state index in [4.69, 9.17) is 4.42 Å². The Balaban J connectivity index is 1.83. The van der Waals surface area contributed by atoms with Gasteiger partial charge in [0.15, 0.2) is 0 Å². The van der Waals surface area contributed by atoms with Crippen LogP contribution in [0.2, 0.25) is 0 Å². The van der Waals surface area contributed by atoms with Gasteiger partial charge in [-0.3, -0.25) is 0 Å². The van der Waals surface area contributed by atoms with E-state index in [2.05, 4.69) is 36.5 Å². The SMILES string of the molecule is CCc1ccc(CN(C)C(=O)NCc2ccco2)cc1. The normalized spacial score (nSPS) is 10.3. The van der Waals surface area contributed by atoms with Crippen LogP contribution >= 0.6 is 0 Å². The van der Waals surface area contributed by atoms with Crippen LogP contribution in [-0.2, 0) is 19.5 Å². The van der Waals surface area contributed by atoms with Gasteiger partial charge in [0.25, 0.3) is 0 Å². The highest BCUT2D eigenvalue weighted by Gasteiger charge is 2.09. The van der Waals surface area contributed by atoms with Crippen molar-refractivity contribution in [1.82, 2.24) is 10.2 Å². The molecule has 2 amide bonds. The maximum atomic E-state index is 11.9. The number of carbonyl (C=O) groups excluding carboxylic acids is 1. The van der Waals surface area contributed by atoms with Gasteiger partial charge in [-0.1, -0.05) is 31.2 Å². The summed E-state index contributed by atoms with van der Waals surface area (Å²) in [5.41, 5.74) is 2.43. The predicted octanol–water partition coefficient (Wildman–Crippen LogP) is 3.18. The van der Waals surface area contributed by atoms with E-state index in [1.54, 1.807) is 24.3 Å². The molecule has 0 aliphatic carbocycles. The van der Waals surface area contributed by atoms with Crippen molar-refractivity contribution in [2.75, 3.05) is 7.05 Å². The number of amides is 2. The summed E-state index contributed by atoms with van der Waals surface area (Å²) in [4.78, 5) is 13.6. The van der Waals surface area contributed by atoms with Crippen molar-refractivity contribution in [1.29, 1.82) is 0 Å². The van der Waals surface area contributed by atoms with Gasteiger partial charge in [0.2, 0.25) is 0 Å². The number of benzene rings is 1. The van der Waals surface area contributed by atoms with Crippen molar-refractivity contribution >= 4 is 6.03 Å². The summed E-state index contributed by atoms with van der Waals surface area (Å²) < 4.78 is 5.17. The molecule has 1 N–H and O–H groups in total. The third-order valence-electron chi connectivity index (χ3n) is 3.19. The van der Waals surface area contributed by atoms with E-state index in [1.165, 1.54) is 5.56 Å². The van der Waals surface area contributed by atoms with Gasteiger partial charge in [-0.25, -0.2) is 4.79 Å². The van der Waals surface area contributed by atoms with E-state index < -0.39 is 0 Å². The highest BCUT2D eigenvalue weighted by molar-refractivity contribution is 5.73. The van der Waals surface area contributed by atoms with Gasteiger partial charge in [-0.2, -0.15) is 0 Å². The van der Waals surface area contributed by atoms with E-state index in [1.807, 2.05) is 6.07 Å². The molecule has 0 atom stereocenters. The minimum Gasteiger partial charge on any atom is -0.467 e. The number of furan rings is 1. The number of aryl methyl sites for hydroxylation is 1. The average Bonchev–Trinajstić information content (AvgIpc) is 2.98. The Hall–Kier alpha value is -2.23. The standard InChI is InChI=1S/C16H20N2O2/c1-3-13-6-8-14(9-7-13)12-18(2)16(19)17-11-15-5-4-10-20-15/h4-10H,3,11-12H2,1-2H3,(H,17,19). The first-order valence-electron chi connectivity index (χ1n) is 6.78. The average molecular weight is 272 g/mol. The largest absolute Gasteiger partial charge is 0.467 e. The zero-order chi connectivity index (χ0) is 14.4. The second-order valence-electron chi connectivity index (χ2n) is 4.76. The van der Waals surface area contributed by atoms with Crippen LogP contribution < -0.4 is 5.32 Å². The molecule has 0 aliphatic heterocycles. The van der Waals surface area contributed by atoms with Crippen molar-refractivity contribution in [3.63, 3.8) is 0 Å². The third kappa shape index (κ3) is 3.88. The first-order chi connectivity index (χ1) is 9.69. The summed E-state index contributed by atoms with van der Waals surface area (Å²) in [6.07, 6.45) is 2.63. The minimum atomic E-state index is -0.110. The van der Waals surface area contributed by atoms with Gasteiger partial charge >= 0.3 is 6.03 Å². The number of urea groups is 1. The molecule has 0 fully saturated rings.